The van der Waals surface area contributed by atoms with Crippen LogP contribution in [-0.4, -0.2) is 15.8 Å². The smallest absolute Gasteiger partial charge is 0.269 e. The molecule has 0 atom stereocenters. The molecule has 0 fully saturated rings. The molecule has 10 heteroatoms. The molecule has 0 aliphatic rings. The summed E-state index contributed by atoms with van der Waals surface area (Å²) in [5.74, 6) is -0.367. The first kappa shape index (κ1) is 21.8. The van der Waals surface area contributed by atoms with Crippen molar-refractivity contribution in [3.8, 4) is 11.3 Å². The fourth-order valence-electron chi connectivity index (χ4n) is 2.87. The molecule has 0 unspecified atom stereocenters. The van der Waals surface area contributed by atoms with Crippen molar-refractivity contribution in [2.45, 2.75) is 0 Å². The molecule has 4 rings (SSSR count). The van der Waals surface area contributed by atoms with E-state index in [9.17, 15) is 14.9 Å². The van der Waals surface area contributed by atoms with Crippen LogP contribution in [0.25, 0.3) is 11.3 Å². The number of rotatable bonds is 6. The monoisotopic (exact) mass is 484 g/mol. The molecule has 160 valence electrons. The average molecular weight is 485 g/mol. The molecule has 0 spiro atoms. The van der Waals surface area contributed by atoms with Gasteiger partial charge in [0.05, 0.1) is 21.3 Å². The topological polar surface area (TPSA) is 97.2 Å². The Morgan fingerprint density at radius 2 is 1.81 bits per heavy atom. The highest BCUT2D eigenvalue weighted by Crippen LogP contribution is 2.32. The summed E-state index contributed by atoms with van der Waals surface area (Å²) in [6.07, 6.45) is 0. The zero-order chi connectivity index (χ0) is 22.7. The third-order valence-corrected chi connectivity index (χ3v) is 5.75. The Labute approximate surface area is 196 Å². The first-order chi connectivity index (χ1) is 15.4. The molecule has 0 saturated heterocycles. The number of halogens is 2. The number of hydrogen-bond donors (Lipinski definition) is 2. The molecule has 2 N–H and O–H groups in total. The molecule has 1 amide bonds. The molecule has 7 nitrogen and oxygen atoms in total. The van der Waals surface area contributed by atoms with Gasteiger partial charge >= 0.3 is 0 Å². The van der Waals surface area contributed by atoms with Crippen molar-refractivity contribution >= 4 is 62.6 Å². The third kappa shape index (κ3) is 5.05. The second-order valence-corrected chi connectivity index (χ2v) is 8.33. The number of nitrogens with one attached hydrogen (secondary N) is 2. The van der Waals surface area contributed by atoms with E-state index in [2.05, 4.69) is 15.6 Å². The van der Waals surface area contributed by atoms with Crippen LogP contribution in [0, 0.1) is 10.1 Å². The van der Waals surface area contributed by atoms with Crippen molar-refractivity contribution in [2.24, 2.45) is 0 Å². The number of nitrogens with zero attached hydrogens (tertiary/aromatic N) is 2. The predicted molar refractivity (Wildman–Crippen MR) is 128 cm³/mol. The minimum absolute atomic E-state index is 0.0736. The second-order valence-electron chi connectivity index (χ2n) is 6.63. The van der Waals surface area contributed by atoms with E-state index in [1.807, 2.05) is 11.4 Å². The number of nitro benzene ring substituents is 1. The van der Waals surface area contributed by atoms with Crippen LogP contribution in [0.5, 0.6) is 0 Å². The molecule has 3 aromatic carbocycles. The standard InChI is InChI=1S/C22H14Cl2N4O3S/c23-15-6-9-18(24)19(11-15)26-22-27-20(12-32-22)14-2-1-3-16(10-14)25-21(29)13-4-7-17(8-5-13)28(30)31/h1-12H,(H,25,29)(H,26,27). The Morgan fingerprint density at radius 3 is 2.56 bits per heavy atom. The maximum Gasteiger partial charge on any atom is 0.269 e. The van der Waals surface area contributed by atoms with Crippen LogP contribution in [0.15, 0.2) is 72.1 Å². The zero-order valence-electron chi connectivity index (χ0n) is 16.2. The Balaban J connectivity index is 1.49. The van der Waals surface area contributed by atoms with E-state index in [0.717, 1.165) is 11.3 Å². The van der Waals surface area contributed by atoms with Gasteiger partial charge in [0.25, 0.3) is 11.6 Å². The summed E-state index contributed by atoms with van der Waals surface area (Å²) in [6.45, 7) is 0. The second kappa shape index (κ2) is 9.35. The van der Waals surface area contributed by atoms with Gasteiger partial charge in [0.15, 0.2) is 5.13 Å². The van der Waals surface area contributed by atoms with Crippen LogP contribution in [0.3, 0.4) is 0 Å². The van der Waals surface area contributed by atoms with E-state index in [-0.39, 0.29) is 11.6 Å². The molecular weight excluding hydrogens is 471 g/mol. The number of non-ortho nitro benzene ring substituents is 1. The van der Waals surface area contributed by atoms with Crippen molar-refractivity contribution in [3.05, 3.63) is 97.8 Å². The minimum atomic E-state index is -0.511. The number of amides is 1. The van der Waals surface area contributed by atoms with Crippen molar-refractivity contribution in [1.29, 1.82) is 0 Å². The van der Waals surface area contributed by atoms with Crippen LogP contribution in [-0.2, 0) is 0 Å². The number of nitro groups is 1. The van der Waals surface area contributed by atoms with Gasteiger partial charge in [-0.3, -0.25) is 14.9 Å². The van der Waals surface area contributed by atoms with Gasteiger partial charge in [-0.25, -0.2) is 4.98 Å². The number of carbonyl (C=O) groups is 1. The summed E-state index contributed by atoms with van der Waals surface area (Å²) in [7, 11) is 0. The fraction of sp³-hybridized carbons (Fsp3) is 0. The number of benzene rings is 3. The van der Waals surface area contributed by atoms with E-state index in [1.165, 1.54) is 35.6 Å². The minimum Gasteiger partial charge on any atom is -0.330 e. The van der Waals surface area contributed by atoms with Crippen LogP contribution in [0.1, 0.15) is 10.4 Å². The number of carbonyl (C=O) groups excluding carboxylic acids is 1. The molecule has 1 aromatic heterocycles. The molecule has 32 heavy (non-hydrogen) atoms. The van der Waals surface area contributed by atoms with Gasteiger partial charge in [0, 0.05) is 39.3 Å². The maximum atomic E-state index is 12.5. The van der Waals surface area contributed by atoms with E-state index < -0.39 is 4.92 Å². The lowest BCUT2D eigenvalue weighted by molar-refractivity contribution is -0.384. The van der Waals surface area contributed by atoms with Gasteiger partial charge < -0.3 is 10.6 Å². The van der Waals surface area contributed by atoms with E-state index in [1.54, 1.807) is 36.4 Å². The number of anilines is 3. The number of hydrogen-bond acceptors (Lipinski definition) is 6. The van der Waals surface area contributed by atoms with Gasteiger partial charge in [-0.15, -0.1) is 11.3 Å². The summed E-state index contributed by atoms with van der Waals surface area (Å²) in [6, 6.07) is 17.8. The summed E-state index contributed by atoms with van der Waals surface area (Å²) in [4.78, 5) is 27.3. The molecule has 0 aliphatic heterocycles. The number of thiazole rings is 1. The normalized spacial score (nSPS) is 10.6. The Morgan fingerprint density at radius 1 is 1.03 bits per heavy atom. The van der Waals surface area contributed by atoms with Crippen molar-refractivity contribution in [2.75, 3.05) is 10.6 Å². The highest BCUT2D eigenvalue weighted by molar-refractivity contribution is 7.14. The van der Waals surface area contributed by atoms with Gasteiger partial charge in [0.2, 0.25) is 0 Å². The van der Waals surface area contributed by atoms with Crippen LogP contribution >= 0.6 is 34.5 Å². The molecule has 0 bridgehead atoms. The lowest BCUT2D eigenvalue weighted by Crippen LogP contribution is -2.11. The maximum absolute atomic E-state index is 12.5. The molecule has 0 radical (unpaired) electrons. The molecule has 1 heterocycles. The van der Waals surface area contributed by atoms with Gasteiger partial charge in [0.1, 0.15) is 0 Å². The summed E-state index contributed by atoms with van der Waals surface area (Å²) in [5, 5.41) is 20.3. The first-order valence-electron chi connectivity index (χ1n) is 9.23. The molecule has 0 saturated carbocycles. The van der Waals surface area contributed by atoms with E-state index in [0.29, 0.717) is 32.1 Å². The fourth-order valence-corrected chi connectivity index (χ4v) is 3.94. The van der Waals surface area contributed by atoms with Gasteiger partial charge in [-0.05, 0) is 42.5 Å². The van der Waals surface area contributed by atoms with Crippen LogP contribution < -0.4 is 10.6 Å². The van der Waals surface area contributed by atoms with E-state index in [4.69, 9.17) is 23.2 Å². The molecule has 0 aliphatic carbocycles. The summed E-state index contributed by atoms with van der Waals surface area (Å²) < 4.78 is 0. The Hall–Kier alpha value is -3.46. The first-order valence-corrected chi connectivity index (χ1v) is 10.9. The molecular formula is C22H14Cl2N4O3S. The predicted octanol–water partition coefficient (Wildman–Crippen LogP) is 7.02. The zero-order valence-corrected chi connectivity index (χ0v) is 18.5. The number of aromatic nitrogens is 1. The lowest BCUT2D eigenvalue weighted by Gasteiger charge is -2.07. The largest absolute Gasteiger partial charge is 0.330 e. The lowest BCUT2D eigenvalue weighted by atomic mass is 10.1. The van der Waals surface area contributed by atoms with Crippen LogP contribution in [0.4, 0.5) is 22.2 Å². The van der Waals surface area contributed by atoms with Crippen LogP contribution in [0.2, 0.25) is 10.0 Å². The van der Waals surface area contributed by atoms with Gasteiger partial charge in [-0.2, -0.15) is 0 Å². The molecule has 4 aromatic rings. The Bertz CT molecular complexity index is 1310. The van der Waals surface area contributed by atoms with Crippen molar-refractivity contribution < 1.29 is 9.72 Å². The third-order valence-electron chi connectivity index (χ3n) is 4.43. The Kier molecular flexibility index (Phi) is 6.36. The van der Waals surface area contributed by atoms with Gasteiger partial charge in [-0.1, -0.05) is 35.3 Å². The van der Waals surface area contributed by atoms with E-state index >= 15 is 0 Å². The average Bonchev–Trinajstić information content (AvgIpc) is 3.25. The summed E-state index contributed by atoms with van der Waals surface area (Å²) in [5.41, 5.74) is 3.01. The van der Waals surface area contributed by atoms with Crippen molar-refractivity contribution in [1.82, 2.24) is 4.98 Å². The highest BCUT2D eigenvalue weighted by atomic mass is 35.5. The SMILES string of the molecule is O=C(Nc1cccc(-c2csc(Nc3cc(Cl)ccc3Cl)n2)c1)c1ccc([N+](=O)[O-])cc1. The highest BCUT2D eigenvalue weighted by Gasteiger charge is 2.12. The summed E-state index contributed by atoms with van der Waals surface area (Å²) >= 11 is 13.6. The quantitative estimate of drug-likeness (QED) is 0.226. The van der Waals surface area contributed by atoms with Crippen molar-refractivity contribution in [3.63, 3.8) is 0 Å².